The van der Waals surface area contributed by atoms with Gasteiger partial charge in [-0.2, -0.15) is 0 Å². The summed E-state index contributed by atoms with van der Waals surface area (Å²) >= 11 is 0. The first kappa shape index (κ1) is 27.3. The molecule has 3 nitrogen and oxygen atoms in total. The Hall–Kier alpha value is -6.71. The molecule has 10 aromatic rings. The van der Waals surface area contributed by atoms with Gasteiger partial charge >= 0.3 is 0 Å². The summed E-state index contributed by atoms with van der Waals surface area (Å²) in [7, 11) is 0. The molecule has 0 spiro atoms. The molecule has 7 aromatic carbocycles. The molecule has 0 unspecified atom stereocenters. The predicted molar refractivity (Wildman–Crippen MR) is 208 cm³/mol. The molecule has 0 radical (unpaired) electrons. The molecule has 0 bridgehead atoms. The molecule has 3 heteroatoms. The molecule has 3 aromatic heterocycles. The highest BCUT2D eigenvalue weighted by atomic mass is 15.0. The van der Waals surface area contributed by atoms with Gasteiger partial charge in [0, 0.05) is 45.3 Å². The largest absolute Gasteiger partial charge is 0.309 e. The maximum absolute atomic E-state index is 4.61. The number of fused-ring (bicyclic) bond motifs is 14. The van der Waals surface area contributed by atoms with E-state index in [-0.39, 0.29) is 0 Å². The smallest absolute Gasteiger partial charge is 0.0571 e. The molecule has 3 heterocycles. The second-order valence-electron chi connectivity index (χ2n) is 13.2. The SMILES string of the molecule is c1ccc2c(c1)-c1ccccc1-c1ccc(-n3c4ccncc4c4cc(-n5c6ccccc6c6ccccc65)ccc43)cc1-c1ccccc1-2. The standard InChI is InChI=1S/C47H29N3/c1-2-12-33-32(11-1)34-13-3-4-15-36(34)38-23-21-30(27-41(38)37-16-6-5-14-35(33)37)50-46-24-22-31(28-42(46)43-29-48-26-25-47(43)50)49-44-19-9-7-17-39(44)40-18-8-10-20-45(40)49/h1-29H. The third-order valence-electron chi connectivity index (χ3n) is 10.6. The molecule has 1 aliphatic carbocycles. The molecule has 0 N–H and O–H groups in total. The number of para-hydroxylation sites is 2. The van der Waals surface area contributed by atoms with Crippen LogP contribution in [0.25, 0.3) is 99.5 Å². The van der Waals surface area contributed by atoms with Crippen LogP contribution in [-0.2, 0) is 0 Å². The third kappa shape index (κ3) is 3.77. The lowest BCUT2D eigenvalue weighted by atomic mass is 9.81. The normalized spacial score (nSPS) is 12.0. The van der Waals surface area contributed by atoms with E-state index in [0.717, 1.165) is 27.8 Å². The summed E-state index contributed by atoms with van der Waals surface area (Å²) in [6.45, 7) is 0. The summed E-state index contributed by atoms with van der Waals surface area (Å²) in [4.78, 5) is 4.61. The van der Waals surface area contributed by atoms with Crippen LogP contribution in [0.3, 0.4) is 0 Å². The number of pyridine rings is 1. The first-order valence-corrected chi connectivity index (χ1v) is 17.1. The molecule has 232 valence electrons. The second-order valence-corrected chi connectivity index (χ2v) is 13.2. The Morgan fingerprint density at radius 2 is 0.720 bits per heavy atom. The van der Waals surface area contributed by atoms with Gasteiger partial charge in [0.15, 0.2) is 0 Å². The van der Waals surface area contributed by atoms with E-state index in [1.54, 1.807) is 0 Å². The number of nitrogens with zero attached hydrogens (tertiary/aromatic N) is 3. The average molecular weight is 636 g/mol. The number of hydrogen-bond acceptors (Lipinski definition) is 1. The fourth-order valence-corrected chi connectivity index (χ4v) is 8.46. The summed E-state index contributed by atoms with van der Waals surface area (Å²) in [6, 6.07) is 59.9. The topological polar surface area (TPSA) is 22.8 Å². The Balaban J connectivity index is 1.18. The fourth-order valence-electron chi connectivity index (χ4n) is 8.46. The Morgan fingerprint density at radius 1 is 0.300 bits per heavy atom. The van der Waals surface area contributed by atoms with Crippen LogP contribution in [0.5, 0.6) is 0 Å². The van der Waals surface area contributed by atoms with Crippen molar-refractivity contribution in [3.8, 4) is 55.9 Å². The van der Waals surface area contributed by atoms with E-state index in [4.69, 9.17) is 0 Å². The molecule has 0 atom stereocenters. The first-order valence-electron chi connectivity index (χ1n) is 17.1. The summed E-state index contributed by atoms with van der Waals surface area (Å²) < 4.78 is 4.80. The summed E-state index contributed by atoms with van der Waals surface area (Å²) in [5, 5.41) is 4.84. The van der Waals surface area contributed by atoms with Crippen LogP contribution in [0.4, 0.5) is 0 Å². The fraction of sp³-hybridized carbons (Fsp3) is 0. The Labute approximate surface area is 288 Å². The number of rotatable bonds is 2. The average Bonchev–Trinajstić information content (AvgIpc) is 3.70. The Kier molecular flexibility index (Phi) is 5.67. The van der Waals surface area contributed by atoms with Gasteiger partial charge in [-0.25, -0.2) is 0 Å². The van der Waals surface area contributed by atoms with Crippen LogP contribution in [0.1, 0.15) is 0 Å². The first-order chi connectivity index (χ1) is 24.8. The van der Waals surface area contributed by atoms with Gasteiger partial charge in [0.2, 0.25) is 0 Å². The number of hydrogen-bond donors (Lipinski definition) is 0. The monoisotopic (exact) mass is 635 g/mol. The Bertz CT molecular complexity index is 2940. The van der Waals surface area contributed by atoms with E-state index < -0.39 is 0 Å². The second kappa shape index (κ2) is 10.4. The highest BCUT2D eigenvalue weighted by molar-refractivity contribution is 6.12. The van der Waals surface area contributed by atoms with Gasteiger partial charge in [-0.15, -0.1) is 0 Å². The lowest BCUT2D eigenvalue weighted by molar-refractivity contribution is 1.16. The minimum absolute atomic E-state index is 1.13. The molecule has 0 aliphatic heterocycles. The van der Waals surface area contributed by atoms with Crippen LogP contribution in [-0.4, -0.2) is 14.1 Å². The highest BCUT2D eigenvalue weighted by Crippen LogP contribution is 2.48. The van der Waals surface area contributed by atoms with E-state index in [9.17, 15) is 0 Å². The molecule has 0 saturated heterocycles. The van der Waals surface area contributed by atoms with Crippen molar-refractivity contribution in [3.05, 3.63) is 176 Å². The highest BCUT2D eigenvalue weighted by Gasteiger charge is 2.23. The summed E-state index contributed by atoms with van der Waals surface area (Å²) in [5.74, 6) is 0. The van der Waals surface area contributed by atoms with Gasteiger partial charge in [0.25, 0.3) is 0 Å². The molecular weight excluding hydrogens is 607 g/mol. The van der Waals surface area contributed by atoms with Crippen molar-refractivity contribution in [3.63, 3.8) is 0 Å². The van der Waals surface area contributed by atoms with Gasteiger partial charge in [-0.3, -0.25) is 4.98 Å². The molecule has 50 heavy (non-hydrogen) atoms. The van der Waals surface area contributed by atoms with Crippen molar-refractivity contribution in [2.75, 3.05) is 0 Å². The van der Waals surface area contributed by atoms with Gasteiger partial charge in [-0.05, 0) is 93.0 Å². The molecule has 0 fully saturated rings. The van der Waals surface area contributed by atoms with Crippen molar-refractivity contribution in [2.45, 2.75) is 0 Å². The van der Waals surface area contributed by atoms with Gasteiger partial charge in [0.05, 0.1) is 22.1 Å². The van der Waals surface area contributed by atoms with Crippen LogP contribution in [0, 0.1) is 0 Å². The molecule has 11 rings (SSSR count). The Morgan fingerprint density at radius 3 is 1.30 bits per heavy atom. The van der Waals surface area contributed by atoms with Crippen molar-refractivity contribution >= 4 is 43.6 Å². The third-order valence-corrected chi connectivity index (χ3v) is 10.6. The maximum Gasteiger partial charge on any atom is 0.0571 e. The van der Waals surface area contributed by atoms with E-state index in [0.29, 0.717) is 0 Å². The van der Waals surface area contributed by atoms with E-state index in [2.05, 4.69) is 178 Å². The molecule has 1 aliphatic rings. The van der Waals surface area contributed by atoms with Gasteiger partial charge in [0.1, 0.15) is 0 Å². The lowest BCUT2D eigenvalue weighted by Crippen LogP contribution is -2.00. The van der Waals surface area contributed by atoms with Crippen LogP contribution >= 0.6 is 0 Å². The van der Waals surface area contributed by atoms with Crippen LogP contribution in [0.2, 0.25) is 0 Å². The van der Waals surface area contributed by atoms with Gasteiger partial charge in [-0.1, -0.05) is 115 Å². The predicted octanol–water partition coefficient (Wildman–Crippen LogP) is 12.3. The van der Waals surface area contributed by atoms with E-state index in [1.165, 1.54) is 71.7 Å². The van der Waals surface area contributed by atoms with Crippen molar-refractivity contribution in [2.24, 2.45) is 0 Å². The zero-order valence-corrected chi connectivity index (χ0v) is 27.1. The number of aromatic nitrogens is 3. The van der Waals surface area contributed by atoms with Crippen molar-refractivity contribution in [1.82, 2.24) is 14.1 Å². The summed E-state index contributed by atoms with van der Waals surface area (Å²) in [6.07, 6.45) is 3.92. The van der Waals surface area contributed by atoms with E-state index in [1.807, 2.05) is 12.4 Å². The quantitative estimate of drug-likeness (QED) is 0.185. The zero-order chi connectivity index (χ0) is 32.8. The summed E-state index contributed by atoms with van der Waals surface area (Å²) in [5.41, 5.74) is 16.9. The molecular formula is C47H29N3. The van der Waals surface area contributed by atoms with Crippen LogP contribution in [0.15, 0.2) is 176 Å². The van der Waals surface area contributed by atoms with Crippen LogP contribution < -0.4 is 0 Å². The minimum atomic E-state index is 1.13. The van der Waals surface area contributed by atoms with Crippen molar-refractivity contribution in [1.29, 1.82) is 0 Å². The molecule has 0 amide bonds. The molecule has 0 saturated carbocycles. The lowest BCUT2D eigenvalue weighted by Gasteiger charge is -2.23. The van der Waals surface area contributed by atoms with Gasteiger partial charge < -0.3 is 9.13 Å². The van der Waals surface area contributed by atoms with E-state index >= 15 is 0 Å². The van der Waals surface area contributed by atoms with Crippen molar-refractivity contribution < 1.29 is 0 Å². The maximum atomic E-state index is 4.61. The number of benzene rings is 7. The zero-order valence-electron chi connectivity index (χ0n) is 27.1. The minimum Gasteiger partial charge on any atom is -0.309 e.